The maximum atomic E-state index is 5.92. The summed E-state index contributed by atoms with van der Waals surface area (Å²) in [5.74, 6) is 2.89. The zero-order valence-electron chi connectivity index (χ0n) is 12.3. The van der Waals surface area contributed by atoms with Gasteiger partial charge < -0.3 is 20.5 Å². The summed E-state index contributed by atoms with van der Waals surface area (Å²) in [4.78, 5) is 4.41. The lowest BCUT2D eigenvalue weighted by molar-refractivity contribution is 0.296. The molecule has 1 aromatic rings. The van der Waals surface area contributed by atoms with E-state index in [9.17, 15) is 0 Å². The first kappa shape index (κ1) is 14.0. The third-order valence-corrected chi connectivity index (χ3v) is 4.07. The molecule has 21 heavy (non-hydrogen) atoms. The molecular formula is C16H23N3O2. The molecule has 0 amide bonds. The van der Waals surface area contributed by atoms with E-state index in [1.807, 2.05) is 18.2 Å². The fourth-order valence-corrected chi connectivity index (χ4v) is 2.55. The van der Waals surface area contributed by atoms with E-state index in [0.29, 0.717) is 25.7 Å². The van der Waals surface area contributed by atoms with Crippen LogP contribution < -0.4 is 20.5 Å². The second-order valence-corrected chi connectivity index (χ2v) is 5.67. The molecule has 1 fully saturated rings. The van der Waals surface area contributed by atoms with E-state index >= 15 is 0 Å². The molecule has 0 bridgehead atoms. The van der Waals surface area contributed by atoms with Crippen molar-refractivity contribution in [2.24, 2.45) is 16.6 Å². The van der Waals surface area contributed by atoms with Crippen molar-refractivity contribution in [1.82, 2.24) is 5.32 Å². The minimum atomic E-state index is 0.508. The first-order valence-electron chi connectivity index (χ1n) is 7.74. The zero-order valence-corrected chi connectivity index (χ0v) is 12.3. The van der Waals surface area contributed by atoms with E-state index in [2.05, 4.69) is 10.3 Å². The van der Waals surface area contributed by atoms with Gasteiger partial charge in [-0.2, -0.15) is 0 Å². The SMILES string of the molecule is NC(=NCc1cccc2c1OCCCO2)NCC1CCC1. The Balaban J connectivity index is 1.61. The lowest BCUT2D eigenvalue weighted by Gasteiger charge is -2.25. The zero-order chi connectivity index (χ0) is 14.5. The van der Waals surface area contributed by atoms with Gasteiger partial charge in [0.05, 0.1) is 19.8 Å². The number of nitrogens with one attached hydrogen (secondary N) is 1. The van der Waals surface area contributed by atoms with E-state index in [4.69, 9.17) is 15.2 Å². The highest BCUT2D eigenvalue weighted by Gasteiger charge is 2.17. The van der Waals surface area contributed by atoms with Gasteiger partial charge in [0.1, 0.15) is 0 Å². The van der Waals surface area contributed by atoms with Crippen molar-refractivity contribution < 1.29 is 9.47 Å². The molecule has 1 heterocycles. The number of benzene rings is 1. The minimum absolute atomic E-state index is 0.508. The Bertz CT molecular complexity index is 512. The minimum Gasteiger partial charge on any atom is -0.490 e. The highest BCUT2D eigenvalue weighted by atomic mass is 16.5. The fourth-order valence-electron chi connectivity index (χ4n) is 2.55. The molecule has 0 saturated heterocycles. The summed E-state index contributed by atoms with van der Waals surface area (Å²) < 4.78 is 11.5. The Labute approximate surface area is 125 Å². The van der Waals surface area contributed by atoms with Crippen molar-refractivity contribution in [1.29, 1.82) is 0 Å². The number of hydrogen-bond acceptors (Lipinski definition) is 3. The highest BCUT2D eigenvalue weighted by molar-refractivity contribution is 5.77. The number of nitrogens with zero attached hydrogens (tertiary/aromatic N) is 1. The molecule has 0 radical (unpaired) electrons. The van der Waals surface area contributed by atoms with Gasteiger partial charge in [0, 0.05) is 18.5 Å². The first-order valence-corrected chi connectivity index (χ1v) is 7.74. The summed E-state index contributed by atoms with van der Waals surface area (Å²) in [7, 11) is 0. The molecule has 5 heteroatoms. The van der Waals surface area contributed by atoms with Crippen molar-refractivity contribution in [2.75, 3.05) is 19.8 Å². The van der Waals surface area contributed by atoms with Crippen LogP contribution in [-0.2, 0) is 6.54 Å². The van der Waals surface area contributed by atoms with Crippen LogP contribution in [0.1, 0.15) is 31.2 Å². The normalized spacial score (nSPS) is 18.8. The number of rotatable bonds is 4. The molecule has 1 aliphatic heterocycles. The van der Waals surface area contributed by atoms with Crippen molar-refractivity contribution in [3.8, 4) is 11.5 Å². The van der Waals surface area contributed by atoms with Gasteiger partial charge in [-0.3, -0.25) is 0 Å². The standard InChI is InChI=1S/C16H23N3O2/c17-16(18-10-12-4-1-5-12)19-11-13-6-2-7-14-15(13)21-9-3-8-20-14/h2,6-7,12H,1,3-5,8-11H2,(H3,17,18,19). The van der Waals surface area contributed by atoms with Crippen LogP contribution in [0.3, 0.4) is 0 Å². The maximum absolute atomic E-state index is 5.92. The molecule has 2 aliphatic rings. The monoisotopic (exact) mass is 289 g/mol. The molecule has 1 aliphatic carbocycles. The van der Waals surface area contributed by atoms with E-state index < -0.39 is 0 Å². The summed E-state index contributed by atoms with van der Waals surface area (Å²) in [6.07, 6.45) is 4.86. The Morgan fingerprint density at radius 1 is 1.24 bits per heavy atom. The number of nitrogens with two attached hydrogens (primary N) is 1. The molecule has 1 saturated carbocycles. The number of guanidine groups is 1. The molecule has 114 valence electrons. The summed E-state index contributed by atoms with van der Waals surface area (Å²) in [6.45, 7) is 2.83. The van der Waals surface area contributed by atoms with Crippen LogP contribution >= 0.6 is 0 Å². The lowest BCUT2D eigenvalue weighted by atomic mass is 9.85. The van der Waals surface area contributed by atoms with Crippen molar-refractivity contribution in [3.63, 3.8) is 0 Å². The Kier molecular flexibility index (Phi) is 4.48. The first-order chi connectivity index (χ1) is 10.3. The largest absolute Gasteiger partial charge is 0.490 e. The molecule has 3 N–H and O–H groups in total. The topological polar surface area (TPSA) is 68.9 Å². The van der Waals surface area contributed by atoms with Crippen molar-refractivity contribution in [3.05, 3.63) is 23.8 Å². The van der Waals surface area contributed by atoms with Gasteiger partial charge in [-0.05, 0) is 24.8 Å². The summed E-state index contributed by atoms with van der Waals surface area (Å²) >= 11 is 0. The summed E-state index contributed by atoms with van der Waals surface area (Å²) in [5, 5.41) is 3.20. The second-order valence-electron chi connectivity index (χ2n) is 5.67. The summed E-state index contributed by atoms with van der Waals surface area (Å²) in [5.41, 5.74) is 6.94. The summed E-state index contributed by atoms with van der Waals surface area (Å²) in [6, 6.07) is 5.92. The average molecular weight is 289 g/mol. The van der Waals surface area contributed by atoms with E-state index in [1.165, 1.54) is 19.3 Å². The predicted molar refractivity (Wildman–Crippen MR) is 82.7 cm³/mol. The average Bonchev–Trinajstić information content (AvgIpc) is 2.69. The number of ether oxygens (including phenoxy) is 2. The second kappa shape index (κ2) is 6.70. The van der Waals surface area contributed by atoms with Crippen LogP contribution in [0.4, 0.5) is 0 Å². The van der Waals surface area contributed by atoms with Crippen molar-refractivity contribution in [2.45, 2.75) is 32.2 Å². The van der Waals surface area contributed by atoms with Gasteiger partial charge in [0.15, 0.2) is 17.5 Å². The van der Waals surface area contributed by atoms with Crippen molar-refractivity contribution >= 4 is 5.96 Å². The van der Waals surface area contributed by atoms with Gasteiger partial charge in [-0.15, -0.1) is 0 Å². The van der Waals surface area contributed by atoms with E-state index in [1.54, 1.807) is 0 Å². The maximum Gasteiger partial charge on any atom is 0.188 e. The molecule has 3 rings (SSSR count). The third-order valence-electron chi connectivity index (χ3n) is 4.07. The Morgan fingerprint density at radius 3 is 2.90 bits per heavy atom. The molecule has 5 nitrogen and oxygen atoms in total. The molecule has 0 aromatic heterocycles. The van der Waals surface area contributed by atoms with Gasteiger partial charge in [0.2, 0.25) is 0 Å². The number of para-hydroxylation sites is 1. The lowest BCUT2D eigenvalue weighted by Crippen LogP contribution is -2.37. The third kappa shape index (κ3) is 3.60. The van der Waals surface area contributed by atoms with Crippen LogP contribution in [0.25, 0.3) is 0 Å². The van der Waals surface area contributed by atoms with Crippen LogP contribution in [-0.4, -0.2) is 25.7 Å². The number of hydrogen-bond donors (Lipinski definition) is 2. The molecule has 0 atom stereocenters. The highest BCUT2D eigenvalue weighted by Crippen LogP contribution is 2.33. The van der Waals surface area contributed by atoms with Crippen LogP contribution in [0.5, 0.6) is 11.5 Å². The Hall–Kier alpha value is -1.91. The van der Waals surface area contributed by atoms with Crippen LogP contribution in [0.15, 0.2) is 23.2 Å². The smallest absolute Gasteiger partial charge is 0.188 e. The van der Waals surface area contributed by atoms with Crippen LogP contribution in [0.2, 0.25) is 0 Å². The van der Waals surface area contributed by atoms with E-state index in [-0.39, 0.29) is 0 Å². The molecule has 1 aromatic carbocycles. The molecular weight excluding hydrogens is 266 g/mol. The number of aliphatic imine (C=N–C) groups is 1. The van der Waals surface area contributed by atoms with Gasteiger partial charge in [-0.25, -0.2) is 4.99 Å². The quantitative estimate of drug-likeness (QED) is 0.657. The fraction of sp³-hybridized carbons (Fsp3) is 0.562. The molecule has 0 spiro atoms. The predicted octanol–water partition coefficient (Wildman–Crippen LogP) is 2.05. The van der Waals surface area contributed by atoms with Gasteiger partial charge in [0.25, 0.3) is 0 Å². The van der Waals surface area contributed by atoms with E-state index in [0.717, 1.165) is 35.9 Å². The van der Waals surface area contributed by atoms with Gasteiger partial charge >= 0.3 is 0 Å². The number of fused-ring (bicyclic) bond motifs is 1. The Morgan fingerprint density at radius 2 is 2.10 bits per heavy atom. The molecule has 0 unspecified atom stereocenters. The van der Waals surface area contributed by atoms with Crippen LogP contribution in [0, 0.1) is 5.92 Å². The van der Waals surface area contributed by atoms with Gasteiger partial charge in [-0.1, -0.05) is 18.6 Å².